The number of carbonyl (C=O) groups excluding carboxylic acids is 2. The lowest BCUT2D eigenvalue weighted by atomic mass is 10.0. The molecule has 0 aromatic rings. The summed E-state index contributed by atoms with van der Waals surface area (Å²) in [4.78, 5) is 37.5. The molecule has 0 saturated heterocycles. The van der Waals surface area contributed by atoms with E-state index in [-0.39, 0.29) is 26.1 Å². The fourth-order valence-corrected chi connectivity index (χ4v) is 7.88. The Morgan fingerprint density at radius 3 is 1.18 bits per heavy atom. The van der Waals surface area contributed by atoms with Gasteiger partial charge in [-0.3, -0.25) is 14.2 Å². The van der Waals surface area contributed by atoms with Gasteiger partial charge in [-0.25, -0.2) is 0 Å². The van der Waals surface area contributed by atoms with Crippen LogP contribution in [-0.4, -0.2) is 70.0 Å². The minimum Gasteiger partial charge on any atom is -0.756 e. The van der Waals surface area contributed by atoms with Gasteiger partial charge in [-0.15, -0.1) is 0 Å². The fraction of sp³-hybridized carbons (Fsp3) is 0.645. The van der Waals surface area contributed by atoms with Crippen molar-refractivity contribution in [3.63, 3.8) is 0 Å². The Hall–Kier alpha value is -3.59. The Labute approximate surface area is 441 Å². The summed E-state index contributed by atoms with van der Waals surface area (Å²) in [6, 6.07) is 0. The highest BCUT2D eigenvalue weighted by molar-refractivity contribution is 7.45. The fourth-order valence-electron chi connectivity index (χ4n) is 7.15. The van der Waals surface area contributed by atoms with Crippen LogP contribution in [0.15, 0.2) is 122 Å². The number of phosphoric ester groups is 1. The third-order valence-electron chi connectivity index (χ3n) is 11.5. The van der Waals surface area contributed by atoms with Crippen molar-refractivity contribution >= 4 is 19.8 Å². The molecule has 0 aliphatic carbocycles. The lowest BCUT2D eigenvalue weighted by Crippen LogP contribution is -2.37. The Morgan fingerprint density at radius 2 is 0.792 bits per heavy atom. The maximum absolute atomic E-state index is 12.7. The molecule has 0 amide bonds. The third-order valence-corrected chi connectivity index (χ3v) is 12.5. The molecule has 0 N–H and O–H groups in total. The molecule has 2 atom stereocenters. The Morgan fingerprint density at radius 1 is 0.444 bits per heavy atom. The molecular weight excluding hydrogens is 918 g/mol. The number of phosphoric acid groups is 1. The van der Waals surface area contributed by atoms with Crippen LogP contribution in [0.2, 0.25) is 0 Å². The first-order chi connectivity index (χ1) is 35.0. The number of unbranched alkanes of at least 4 members (excludes halogenated alkanes) is 16. The maximum atomic E-state index is 12.7. The zero-order valence-electron chi connectivity index (χ0n) is 46.3. The van der Waals surface area contributed by atoms with Gasteiger partial charge in [-0.05, 0) is 89.9 Å². The van der Waals surface area contributed by atoms with Crippen LogP contribution in [0.25, 0.3) is 0 Å². The SMILES string of the molecule is CC/C=C\C/C=C\C/C=C\C/C=C\C/C=C\C/C=C\C/C=C\C/C=C\C/C=C\C/C=C\CCCCCCCCCCCCC(=O)OC(COC(=O)CCCCCCCCC)COP(=O)([O-])OCC[N+](C)(C)C. The maximum Gasteiger partial charge on any atom is 0.306 e. The number of hydrogen-bond donors (Lipinski definition) is 0. The first-order valence-electron chi connectivity index (χ1n) is 28.2. The number of esters is 2. The van der Waals surface area contributed by atoms with Crippen LogP contribution in [0, 0.1) is 0 Å². The molecule has 9 nitrogen and oxygen atoms in total. The van der Waals surface area contributed by atoms with E-state index in [0.29, 0.717) is 17.4 Å². The highest BCUT2D eigenvalue weighted by Crippen LogP contribution is 2.38. The Balaban J connectivity index is 3.98. The molecule has 2 unspecified atom stereocenters. The number of allylic oxidation sites excluding steroid dienone is 20. The van der Waals surface area contributed by atoms with Gasteiger partial charge >= 0.3 is 11.9 Å². The molecule has 0 rings (SSSR count). The van der Waals surface area contributed by atoms with Gasteiger partial charge in [0.15, 0.2) is 6.10 Å². The quantitative estimate of drug-likeness (QED) is 0.0195. The van der Waals surface area contributed by atoms with Crippen LogP contribution in [0.4, 0.5) is 0 Å². The number of rotatable bonds is 50. The summed E-state index contributed by atoms with van der Waals surface area (Å²) in [6.45, 7) is 4.04. The summed E-state index contributed by atoms with van der Waals surface area (Å²) in [5.41, 5.74) is 0. The molecule has 10 heteroatoms. The molecule has 410 valence electrons. The van der Waals surface area contributed by atoms with Crippen LogP contribution in [0.3, 0.4) is 0 Å². The molecule has 72 heavy (non-hydrogen) atoms. The highest BCUT2D eigenvalue weighted by Gasteiger charge is 2.21. The molecule has 0 spiro atoms. The Kier molecular flexibility index (Phi) is 49.7. The second-order valence-electron chi connectivity index (χ2n) is 19.6. The predicted molar refractivity (Wildman–Crippen MR) is 305 cm³/mol. The van der Waals surface area contributed by atoms with Gasteiger partial charge in [-0.1, -0.05) is 225 Å². The molecule has 0 aromatic heterocycles. The van der Waals surface area contributed by atoms with E-state index in [1.165, 1.54) is 57.8 Å². The summed E-state index contributed by atoms with van der Waals surface area (Å²) in [5.74, 6) is -0.852. The lowest BCUT2D eigenvalue weighted by molar-refractivity contribution is -0.870. The summed E-state index contributed by atoms with van der Waals surface area (Å²) in [5, 5.41) is 0. The lowest BCUT2D eigenvalue weighted by Gasteiger charge is -2.28. The monoisotopic (exact) mass is 1020 g/mol. The van der Waals surface area contributed by atoms with E-state index in [9.17, 15) is 19.0 Å². The van der Waals surface area contributed by atoms with Crippen molar-refractivity contribution in [3.05, 3.63) is 122 Å². The number of nitrogens with zero attached hydrogens (tertiary/aromatic N) is 1. The number of hydrogen-bond acceptors (Lipinski definition) is 8. The van der Waals surface area contributed by atoms with Crippen LogP contribution in [0.5, 0.6) is 0 Å². The summed E-state index contributed by atoms with van der Waals surface area (Å²) < 4.78 is 33.9. The summed E-state index contributed by atoms with van der Waals surface area (Å²) in [7, 11) is 1.15. The van der Waals surface area contributed by atoms with E-state index >= 15 is 0 Å². The molecule has 0 aliphatic heterocycles. The van der Waals surface area contributed by atoms with Crippen molar-refractivity contribution < 1.29 is 42.1 Å². The van der Waals surface area contributed by atoms with Crippen molar-refractivity contribution in [2.75, 3.05) is 47.5 Å². The standard InChI is InChI=1S/C62H104NO8P/c1-6-8-10-12-14-15-16-17-18-19-20-21-22-23-24-25-26-27-28-29-30-31-32-33-34-35-36-37-38-39-40-41-42-43-44-45-46-47-49-51-53-55-62(65)71-60(59-70-72(66,67)69-57-56-63(3,4)5)58-68-61(64)54-52-50-48-13-11-9-7-2/h8,10,14-15,17-18,20-21,23-24,26-27,29-30,32-33,35-36,38-39,60H,6-7,9,11-13,16,19,22,25,28,31,34,37,40-59H2,1-5H3/b10-8-,15-14-,18-17-,21-20-,24-23-,27-26-,30-29-,33-32-,36-35-,39-38-. The number of quaternary nitrogens is 1. The summed E-state index contributed by atoms with van der Waals surface area (Å²) >= 11 is 0. The highest BCUT2D eigenvalue weighted by atomic mass is 31.2. The van der Waals surface area contributed by atoms with E-state index in [1.54, 1.807) is 0 Å². The zero-order chi connectivity index (χ0) is 52.7. The van der Waals surface area contributed by atoms with Gasteiger partial charge in [0.05, 0.1) is 27.7 Å². The summed E-state index contributed by atoms with van der Waals surface area (Å²) in [6.07, 6.45) is 74.3. The van der Waals surface area contributed by atoms with Crippen molar-refractivity contribution in [1.82, 2.24) is 0 Å². The van der Waals surface area contributed by atoms with Crippen molar-refractivity contribution in [2.45, 2.75) is 213 Å². The van der Waals surface area contributed by atoms with E-state index in [2.05, 4.69) is 135 Å². The van der Waals surface area contributed by atoms with Crippen LogP contribution < -0.4 is 4.89 Å². The van der Waals surface area contributed by atoms with Crippen LogP contribution in [-0.2, 0) is 32.7 Å². The average molecular weight is 1020 g/mol. The van der Waals surface area contributed by atoms with Gasteiger partial charge in [0.25, 0.3) is 7.82 Å². The average Bonchev–Trinajstić information content (AvgIpc) is 3.34. The van der Waals surface area contributed by atoms with Gasteiger partial charge in [0, 0.05) is 12.8 Å². The van der Waals surface area contributed by atoms with Gasteiger partial charge in [0.2, 0.25) is 0 Å². The molecule has 0 aromatic carbocycles. The van der Waals surface area contributed by atoms with Crippen molar-refractivity contribution in [2.24, 2.45) is 0 Å². The van der Waals surface area contributed by atoms with Crippen molar-refractivity contribution in [1.29, 1.82) is 0 Å². The number of ether oxygens (including phenoxy) is 2. The largest absolute Gasteiger partial charge is 0.756 e. The van der Waals surface area contributed by atoms with E-state index in [1.807, 2.05) is 21.1 Å². The minimum atomic E-state index is -4.63. The molecule has 0 fully saturated rings. The second kappa shape index (κ2) is 52.3. The first kappa shape index (κ1) is 68.4. The molecule has 0 heterocycles. The molecule has 0 bridgehead atoms. The van der Waals surface area contributed by atoms with Crippen LogP contribution in [0.1, 0.15) is 206 Å². The van der Waals surface area contributed by atoms with Gasteiger partial charge in [0.1, 0.15) is 19.8 Å². The van der Waals surface area contributed by atoms with Gasteiger partial charge in [-0.2, -0.15) is 0 Å². The third kappa shape index (κ3) is 55.7. The minimum absolute atomic E-state index is 0.0358. The normalized spacial score (nSPS) is 14.2. The molecular formula is C62H104NO8P. The van der Waals surface area contributed by atoms with E-state index < -0.39 is 32.5 Å². The number of carbonyl (C=O) groups is 2. The molecule has 0 radical (unpaired) electrons. The van der Waals surface area contributed by atoms with E-state index in [4.69, 9.17) is 18.5 Å². The first-order valence-corrected chi connectivity index (χ1v) is 29.7. The topological polar surface area (TPSA) is 111 Å². The smallest absolute Gasteiger partial charge is 0.306 e. The molecule has 0 aliphatic rings. The molecule has 0 saturated carbocycles. The second-order valence-corrected chi connectivity index (χ2v) is 21.0. The van der Waals surface area contributed by atoms with Gasteiger partial charge < -0.3 is 27.9 Å². The van der Waals surface area contributed by atoms with E-state index in [0.717, 1.165) is 116 Å². The zero-order valence-corrected chi connectivity index (χ0v) is 47.2. The van der Waals surface area contributed by atoms with Crippen molar-refractivity contribution in [3.8, 4) is 0 Å². The number of likely N-dealkylation sites (N-methyl/N-ethyl adjacent to an activating group) is 1. The predicted octanol–water partition coefficient (Wildman–Crippen LogP) is 17.0. The Bertz CT molecular complexity index is 1630. The van der Waals surface area contributed by atoms with Crippen LogP contribution >= 0.6 is 7.82 Å².